The predicted molar refractivity (Wildman–Crippen MR) is 62.3 cm³/mol. The number of halogens is 1. The molecule has 96 valence electrons. The molecule has 5 nitrogen and oxygen atoms in total. The van der Waals surface area contributed by atoms with Crippen LogP contribution in [0.2, 0.25) is 0 Å². The standard InChI is InChI=1S/C10H15FN2O3S/c1-10(2,6-14)13-17(15,16)8-5-3-4-7(11)9(8)12/h3-5,13-14H,6,12H2,1-2H3. The summed E-state index contributed by atoms with van der Waals surface area (Å²) >= 11 is 0. The number of anilines is 1. The lowest BCUT2D eigenvalue weighted by molar-refractivity contribution is 0.208. The molecule has 0 heterocycles. The van der Waals surface area contributed by atoms with Crippen molar-refractivity contribution in [1.82, 2.24) is 4.72 Å². The highest BCUT2D eigenvalue weighted by atomic mass is 32.2. The Bertz CT molecular complexity index is 514. The van der Waals surface area contributed by atoms with Crippen LogP contribution >= 0.6 is 0 Å². The molecule has 0 unspecified atom stereocenters. The Balaban J connectivity index is 3.19. The van der Waals surface area contributed by atoms with Crippen LogP contribution in [-0.4, -0.2) is 25.7 Å². The molecule has 4 N–H and O–H groups in total. The molecule has 0 amide bonds. The molecule has 0 saturated carbocycles. The minimum absolute atomic E-state index is 0.334. The van der Waals surface area contributed by atoms with Gasteiger partial charge in [-0.1, -0.05) is 6.07 Å². The van der Waals surface area contributed by atoms with Gasteiger partial charge in [0.15, 0.2) is 0 Å². The van der Waals surface area contributed by atoms with Crippen molar-refractivity contribution in [3.8, 4) is 0 Å². The van der Waals surface area contributed by atoms with Crippen molar-refractivity contribution in [3.05, 3.63) is 24.0 Å². The van der Waals surface area contributed by atoms with Gasteiger partial charge in [-0.2, -0.15) is 0 Å². The van der Waals surface area contributed by atoms with Gasteiger partial charge in [-0.05, 0) is 26.0 Å². The summed E-state index contributed by atoms with van der Waals surface area (Å²) in [4.78, 5) is -0.334. The van der Waals surface area contributed by atoms with Crippen molar-refractivity contribution in [1.29, 1.82) is 0 Å². The zero-order valence-electron chi connectivity index (χ0n) is 9.57. The number of sulfonamides is 1. The third-order valence-corrected chi connectivity index (χ3v) is 3.86. The summed E-state index contributed by atoms with van der Waals surface area (Å²) in [6.07, 6.45) is 0. The highest BCUT2D eigenvalue weighted by Crippen LogP contribution is 2.22. The van der Waals surface area contributed by atoms with Crippen LogP contribution in [-0.2, 0) is 10.0 Å². The smallest absolute Gasteiger partial charge is 0.243 e. The van der Waals surface area contributed by atoms with Gasteiger partial charge in [0.05, 0.1) is 17.8 Å². The molecular weight excluding hydrogens is 247 g/mol. The average Bonchev–Trinajstić information content (AvgIpc) is 2.20. The Labute approximate surface area is 99.5 Å². The van der Waals surface area contributed by atoms with Crippen molar-refractivity contribution in [3.63, 3.8) is 0 Å². The Morgan fingerprint density at radius 2 is 2.06 bits per heavy atom. The van der Waals surface area contributed by atoms with Gasteiger partial charge in [-0.3, -0.25) is 0 Å². The third-order valence-electron chi connectivity index (χ3n) is 2.11. The molecule has 17 heavy (non-hydrogen) atoms. The van der Waals surface area contributed by atoms with Gasteiger partial charge in [0, 0.05) is 0 Å². The van der Waals surface area contributed by atoms with E-state index >= 15 is 0 Å². The SMILES string of the molecule is CC(C)(CO)NS(=O)(=O)c1cccc(F)c1N. The molecule has 0 spiro atoms. The molecule has 0 aromatic heterocycles. The molecular formula is C10H15FN2O3S. The molecule has 0 aliphatic carbocycles. The number of hydrogen-bond acceptors (Lipinski definition) is 4. The van der Waals surface area contributed by atoms with Gasteiger partial charge in [0.2, 0.25) is 10.0 Å². The zero-order chi connectivity index (χ0) is 13.3. The van der Waals surface area contributed by atoms with Gasteiger partial charge in [-0.25, -0.2) is 17.5 Å². The molecule has 1 aromatic carbocycles. The lowest BCUT2D eigenvalue weighted by Gasteiger charge is -2.23. The fraction of sp³-hybridized carbons (Fsp3) is 0.400. The summed E-state index contributed by atoms with van der Waals surface area (Å²) in [6, 6.07) is 3.53. The second kappa shape index (κ2) is 4.59. The maximum Gasteiger partial charge on any atom is 0.243 e. The second-order valence-electron chi connectivity index (χ2n) is 4.30. The number of hydrogen-bond donors (Lipinski definition) is 3. The van der Waals surface area contributed by atoms with Gasteiger partial charge >= 0.3 is 0 Å². The lowest BCUT2D eigenvalue weighted by Crippen LogP contribution is -2.46. The van der Waals surface area contributed by atoms with Gasteiger partial charge < -0.3 is 10.8 Å². The Morgan fingerprint density at radius 3 is 2.59 bits per heavy atom. The summed E-state index contributed by atoms with van der Waals surface area (Å²) in [5.41, 5.74) is 3.89. The maximum atomic E-state index is 13.2. The van der Waals surface area contributed by atoms with Crippen LogP contribution < -0.4 is 10.5 Å². The zero-order valence-corrected chi connectivity index (χ0v) is 10.4. The van der Waals surface area contributed by atoms with Crippen molar-refractivity contribution in [2.75, 3.05) is 12.3 Å². The fourth-order valence-electron chi connectivity index (χ4n) is 1.20. The van der Waals surface area contributed by atoms with E-state index in [1.807, 2.05) is 0 Å². The average molecular weight is 262 g/mol. The van der Waals surface area contributed by atoms with Crippen molar-refractivity contribution < 1.29 is 17.9 Å². The number of para-hydroxylation sites is 1. The topological polar surface area (TPSA) is 92.4 Å². The van der Waals surface area contributed by atoms with E-state index in [1.165, 1.54) is 26.0 Å². The second-order valence-corrected chi connectivity index (χ2v) is 5.95. The fourth-order valence-corrected chi connectivity index (χ4v) is 2.75. The first-order valence-electron chi connectivity index (χ1n) is 4.88. The highest BCUT2D eigenvalue weighted by Gasteiger charge is 2.27. The van der Waals surface area contributed by atoms with Gasteiger partial charge in [-0.15, -0.1) is 0 Å². The van der Waals surface area contributed by atoms with E-state index in [0.717, 1.165) is 6.07 Å². The van der Waals surface area contributed by atoms with Gasteiger partial charge in [0.25, 0.3) is 0 Å². The third kappa shape index (κ3) is 3.15. The number of rotatable bonds is 4. The molecule has 0 saturated heterocycles. The van der Waals surface area contributed by atoms with Crippen LogP contribution in [0.3, 0.4) is 0 Å². The molecule has 7 heteroatoms. The maximum absolute atomic E-state index is 13.2. The minimum Gasteiger partial charge on any atom is -0.395 e. The van der Waals surface area contributed by atoms with Gasteiger partial charge in [0.1, 0.15) is 10.7 Å². The summed E-state index contributed by atoms with van der Waals surface area (Å²) in [6.45, 7) is 2.61. The van der Waals surface area contributed by atoms with Crippen LogP contribution in [0.4, 0.5) is 10.1 Å². The molecule has 0 radical (unpaired) electrons. The van der Waals surface area contributed by atoms with E-state index in [1.54, 1.807) is 0 Å². The Morgan fingerprint density at radius 1 is 1.47 bits per heavy atom. The first-order valence-corrected chi connectivity index (χ1v) is 6.37. The van der Waals surface area contributed by atoms with E-state index in [0.29, 0.717) is 0 Å². The number of nitrogens with two attached hydrogens (primary N) is 1. The van der Waals surface area contributed by atoms with Crippen LogP contribution in [0.25, 0.3) is 0 Å². The largest absolute Gasteiger partial charge is 0.395 e. The minimum atomic E-state index is -3.96. The number of nitrogen functional groups attached to an aromatic ring is 1. The molecule has 1 aromatic rings. The quantitative estimate of drug-likeness (QED) is 0.687. The molecule has 0 fully saturated rings. The Kier molecular flexibility index (Phi) is 3.75. The lowest BCUT2D eigenvalue weighted by atomic mass is 10.1. The first kappa shape index (κ1) is 13.9. The van der Waals surface area contributed by atoms with Crippen LogP contribution in [0.5, 0.6) is 0 Å². The van der Waals surface area contributed by atoms with Crippen molar-refractivity contribution in [2.24, 2.45) is 0 Å². The van der Waals surface area contributed by atoms with E-state index in [4.69, 9.17) is 10.8 Å². The molecule has 0 bridgehead atoms. The molecule has 0 aliphatic rings. The summed E-state index contributed by atoms with van der Waals surface area (Å²) in [5, 5.41) is 9.00. The first-order chi connectivity index (χ1) is 7.69. The van der Waals surface area contributed by atoms with Crippen LogP contribution in [0, 0.1) is 5.82 Å². The predicted octanol–water partition coefficient (Wildman–Crippen LogP) is 0.457. The van der Waals surface area contributed by atoms with E-state index in [9.17, 15) is 12.8 Å². The molecule has 0 atom stereocenters. The van der Waals surface area contributed by atoms with Crippen LogP contribution in [0.15, 0.2) is 23.1 Å². The summed E-state index contributed by atoms with van der Waals surface area (Å²) in [7, 11) is -3.96. The normalized spacial score (nSPS) is 12.7. The molecule has 0 aliphatic heterocycles. The van der Waals surface area contributed by atoms with Crippen molar-refractivity contribution >= 4 is 15.7 Å². The number of aliphatic hydroxyl groups excluding tert-OH is 1. The number of benzene rings is 1. The highest BCUT2D eigenvalue weighted by molar-refractivity contribution is 7.89. The monoisotopic (exact) mass is 262 g/mol. The Hall–Kier alpha value is -1.18. The summed E-state index contributed by atoms with van der Waals surface area (Å²) in [5.74, 6) is -0.797. The number of aliphatic hydroxyl groups is 1. The van der Waals surface area contributed by atoms with E-state index < -0.39 is 27.1 Å². The molecule has 1 rings (SSSR count). The van der Waals surface area contributed by atoms with Crippen LogP contribution in [0.1, 0.15) is 13.8 Å². The number of nitrogens with one attached hydrogen (secondary N) is 1. The van der Waals surface area contributed by atoms with Crippen molar-refractivity contribution in [2.45, 2.75) is 24.3 Å². The van der Waals surface area contributed by atoms with E-state index in [-0.39, 0.29) is 11.5 Å². The summed E-state index contributed by atoms with van der Waals surface area (Å²) < 4.78 is 39.2. The van der Waals surface area contributed by atoms with E-state index in [2.05, 4.69) is 4.72 Å².